The molecule has 2 aliphatic rings. The fraction of sp³-hybridized carbons (Fsp3) is 0.500. The summed E-state index contributed by atoms with van der Waals surface area (Å²) in [6.07, 6.45) is 1.89. The number of rotatable bonds is 4. The lowest BCUT2D eigenvalue weighted by atomic mass is 10.1. The van der Waals surface area contributed by atoms with E-state index < -0.39 is 17.7 Å². The Morgan fingerprint density at radius 2 is 1.96 bits per heavy atom. The lowest BCUT2D eigenvalue weighted by Crippen LogP contribution is -2.63. The zero-order valence-corrected chi connectivity index (χ0v) is 12.8. The van der Waals surface area contributed by atoms with Crippen molar-refractivity contribution in [3.8, 4) is 0 Å². The topological polar surface area (TPSA) is 61.4 Å². The molecule has 5 nitrogen and oxygen atoms in total. The predicted octanol–water partition coefficient (Wildman–Crippen LogP) is 1.95. The van der Waals surface area contributed by atoms with Crippen LogP contribution in [-0.4, -0.2) is 36.0 Å². The highest BCUT2D eigenvalue weighted by molar-refractivity contribution is 5.82. The lowest BCUT2D eigenvalue weighted by Gasteiger charge is -2.40. The highest BCUT2D eigenvalue weighted by Gasteiger charge is 2.36. The summed E-state index contributed by atoms with van der Waals surface area (Å²) in [5, 5.41) is 5.54. The van der Waals surface area contributed by atoms with Crippen LogP contribution in [-0.2, 0) is 4.79 Å². The van der Waals surface area contributed by atoms with Crippen LogP contribution < -0.4 is 10.6 Å². The van der Waals surface area contributed by atoms with Crippen LogP contribution in [0.25, 0.3) is 0 Å². The Balaban J connectivity index is 1.48. The van der Waals surface area contributed by atoms with Gasteiger partial charge in [-0.1, -0.05) is 12.1 Å². The summed E-state index contributed by atoms with van der Waals surface area (Å²) in [5.74, 6) is -1.67. The Hall–Kier alpha value is -2.18. The Labute approximate surface area is 133 Å². The normalized spacial score (nSPS) is 19.0. The third-order valence-electron chi connectivity index (χ3n) is 4.25. The van der Waals surface area contributed by atoms with Crippen LogP contribution in [0, 0.1) is 17.6 Å². The molecule has 0 aromatic heterocycles. The van der Waals surface area contributed by atoms with Crippen molar-refractivity contribution in [3.63, 3.8) is 0 Å². The molecule has 7 heteroatoms. The van der Waals surface area contributed by atoms with E-state index in [1.54, 1.807) is 6.92 Å². The number of hydrogen-bond donors (Lipinski definition) is 2. The molecule has 1 aromatic rings. The smallest absolute Gasteiger partial charge is 0.318 e. The molecule has 1 saturated carbocycles. The van der Waals surface area contributed by atoms with Gasteiger partial charge >= 0.3 is 6.03 Å². The Bertz CT molecular complexity index is 628. The number of urea groups is 1. The number of likely N-dealkylation sites (tertiary alicyclic amines) is 1. The molecule has 0 spiro atoms. The van der Waals surface area contributed by atoms with Crippen molar-refractivity contribution in [2.24, 2.45) is 5.92 Å². The van der Waals surface area contributed by atoms with E-state index in [2.05, 4.69) is 10.6 Å². The maximum absolute atomic E-state index is 13.7. The van der Waals surface area contributed by atoms with E-state index in [4.69, 9.17) is 0 Å². The van der Waals surface area contributed by atoms with E-state index in [0.717, 1.165) is 18.9 Å². The SMILES string of the molecule is C[C@@H](NC(=O)N1CC(NC(=O)C2CC2)C1)c1cccc(F)c1F. The van der Waals surface area contributed by atoms with Crippen molar-refractivity contribution in [2.45, 2.75) is 31.8 Å². The standard InChI is InChI=1S/C16H19F2N3O2/c1-9(12-3-2-4-13(17)14(12)18)19-16(23)21-7-11(8-21)20-15(22)10-5-6-10/h2-4,9-11H,5-8H2,1H3,(H,19,23)(H,20,22)/t9-/m1/s1. The van der Waals surface area contributed by atoms with Gasteiger partial charge in [0.15, 0.2) is 11.6 Å². The van der Waals surface area contributed by atoms with Crippen molar-refractivity contribution >= 4 is 11.9 Å². The lowest BCUT2D eigenvalue weighted by molar-refractivity contribution is -0.123. The van der Waals surface area contributed by atoms with Crippen molar-refractivity contribution in [2.75, 3.05) is 13.1 Å². The quantitative estimate of drug-likeness (QED) is 0.890. The fourth-order valence-electron chi connectivity index (χ4n) is 2.61. The summed E-state index contributed by atoms with van der Waals surface area (Å²) >= 11 is 0. The van der Waals surface area contributed by atoms with E-state index in [-0.39, 0.29) is 29.5 Å². The second-order valence-electron chi connectivity index (χ2n) is 6.20. The molecule has 1 aliphatic heterocycles. The van der Waals surface area contributed by atoms with Crippen molar-refractivity contribution in [1.29, 1.82) is 0 Å². The first-order chi connectivity index (χ1) is 11.0. The van der Waals surface area contributed by atoms with Crippen LogP contribution in [0.15, 0.2) is 18.2 Å². The Kier molecular flexibility index (Phi) is 4.19. The Morgan fingerprint density at radius 1 is 1.26 bits per heavy atom. The number of nitrogens with zero attached hydrogens (tertiary/aromatic N) is 1. The molecule has 3 amide bonds. The van der Waals surface area contributed by atoms with Gasteiger partial charge < -0.3 is 15.5 Å². The second-order valence-corrected chi connectivity index (χ2v) is 6.20. The van der Waals surface area contributed by atoms with E-state index in [1.165, 1.54) is 17.0 Å². The predicted molar refractivity (Wildman–Crippen MR) is 79.5 cm³/mol. The van der Waals surface area contributed by atoms with Gasteiger partial charge in [0.05, 0.1) is 12.1 Å². The average molecular weight is 323 g/mol. The number of carbonyl (C=O) groups excluding carboxylic acids is 2. The van der Waals surface area contributed by atoms with Gasteiger partial charge in [-0.15, -0.1) is 0 Å². The largest absolute Gasteiger partial charge is 0.350 e. The molecule has 0 bridgehead atoms. The third kappa shape index (κ3) is 3.43. The molecular weight excluding hydrogens is 304 g/mol. The van der Waals surface area contributed by atoms with E-state index in [1.807, 2.05) is 0 Å². The first kappa shape index (κ1) is 15.7. The maximum atomic E-state index is 13.7. The van der Waals surface area contributed by atoms with Gasteiger partial charge in [-0.05, 0) is 25.8 Å². The minimum Gasteiger partial charge on any atom is -0.350 e. The highest BCUT2D eigenvalue weighted by atomic mass is 19.2. The molecule has 1 aromatic carbocycles. The molecule has 124 valence electrons. The highest BCUT2D eigenvalue weighted by Crippen LogP contribution is 2.29. The molecule has 0 unspecified atom stereocenters. The third-order valence-corrected chi connectivity index (χ3v) is 4.25. The van der Waals surface area contributed by atoms with Gasteiger partial charge in [0.25, 0.3) is 0 Å². The number of halogens is 2. The number of nitrogens with one attached hydrogen (secondary N) is 2. The summed E-state index contributed by atoms with van der Waals surface area (Å²) in [6.45, 7) is 2.47. The van der Waals surface area contributed by atoms with Crippen LogP contribution in [0.1, 0.15) is 31.4 Å². The molecule has 1 atom stereocenters. The summed E-state index contributed by atoms with van der Waals surface area (Å²) in [6, 6.07) is 2.88. The molecule has 2 N–H and O–H groups in total. The van der Waals surface area contributed by atoms with E-state index >= 15 is 0 Å². The summed E-state index contributed by atoms with van der Waals surface area (Å²) in [7, 11) is 0. The molecule has 2 fully saturated rings. The first-order valence-electron chi connectivity index (χ1n) is 7.75. The Morgan fingerprint density at radius 3 is 2.61 bits per heavy atom. The zero-order chi connectivity index (χ0) is 16.6. The molecule has 1 aliphatic carbocycles. The van der Waals surface area contributed by atoms with Gasteiger partial charge in [-0.2, -0.15) is 0 Å². The van der Waals surface area contributed by atoms with Crippen LogP contribution in [0.2, 0.25) is 0 Å². The number of benzene rings is 1. The second kappa shape index (κ2) is 6.14. The minimum atomic E-state index is -0.946. The summed E-state index contributed by atoms with van der Waals surface area (Å²) in [5.41, 5.74) is 0.109. The molecule has 23 heavy (non-hydrogen) atoms. The first-order valence-corrected chi connectivity index (χ1v) is 7.75. The molecular formula is C16H19F2N3O2. The average Bonchev–Trinajstić information content (AvgIpc) is 3.29. The molecule has 3 rings (SSSR count). The minimum absolute atomic E-state index is 0.0185. The van der Waals surface area contributed by atoms with Gasteiger partial charge in [-0.25, -0.2) is 13.6 Å². The van der Waals surface area contributed by atoms with Crippen LogP contribution >= 0.6 is 0 Å². The summed E-state index contributed by atoms with van der Waals surface area (Å²) in [4.78, 5) is 25.2. The van der Waals surface area contributed by atoms with Crippen LogP contribution in [0.3, 0.4) is 0 Å². The number of carbonyl (C=O) groups is 2. The molecule has 1 heterocycles. The molecule has 1 saturated heterocycles. The van der Waals surface area contributed by atoms with Gasteiger partial charge in [0.2, 0.25) is 5.91 Å². The van der Waals surface area contributed by atoms with E-state index in [0.29, 0.717) is 13.1 Å². The van der Waals surface area contributed by atoms with Crippen LogP contribution in [0.5, 0.6) is 0 Å². The van der Waals surface area contributed by atoms with Crippen molar-refractivity contribution in [3.05, 3.63) is 35.4 Å². The number of amides is 3. The van der Waals surface area contributed by atoms with Gasteiger partial charge in [0.1, 0.15) is 0 Å². The van der Waals surface area contributed by atoms with Crippen LogP contribution in [0.4, 0.5) is 13.6 Å². The van der Waals surface area contributed by atoms with Crippen molar-refractivity contribution < 1.29 is 18.4 Å². The van der Waals surface area contributed by atoms with Gasteiger partial charge in [0, 0.05) is 24.6 Å². The van der Waals surface area contributed by atoms with E-state index in [9.17, 15) is 18.4 Å². The van der Waals surface area contributed by atoms with Crippen molar-refractivity contribution in [1.82, 2.24) is 15.5 Å². The molecule has 0 radical (unpaired) electrons. The monoisotopic (exact) mass is 323 g/mol. The maximum Gasteiger partial charge on any atom is 0.318 e. The fourth-order valence-corrected chi connectivity index (χ4v) is 2.61. The summed E-state index contributed by atoms with van der Waals surface area (Å²) < 4.78 is 26.9. The number of hydrogen-bond acceptors (Lipinski definition) is 2. The van der Waals surface area contributed by atoms with Gasteiger partial charge in [-0.3, -0.25) is 4.79 Å². The zero-order valence-electron chi connectivity index (χ0n) is 12.8.